The number of anilines is 2. The normalized spacial score (nSPS) is 12.0. The highest BCUT2D eigenvalue weighted by molar-refractivity contribution is 5.43. The lowest BCUT2D eigenvalue weighted by Gasteiger charge is -2.16. The molecule has 0 saturated heterocycles. The van der Waals surface area contributed by atoms with Crippen LogP contribution in [0.5, 0.6) is 0 Å². The predicted molar refractivity (Wildman–Crippen MR) is 73.0 cm³/mol. The van der Waals surface area contributed by atoms with Crippen LogP contribution in [-0.2, 0) is 0 Å². The Balaban J connectivity index is 2.21. The molecule has 0 saturated carbocycles. The van der Waals surface area contributed by atoms with Crippen LogP contribution in [0.25, 0.3) is 0 Å². The molecule has 0 spiro atoms. The largest absolute Gasteiger partial charge is 0.363 e. The van der Waals surface area contributed by atoms with E-state index in [0.29, 0.717) is 17.3 Å². The molecule has 1 atom stereocenters. The first-order chi connectivity index (χ1) is 9.10. The van der Waals surface area contributed by atoms with Crippen molar-refractivity contribution in [1.82, 2.24) is 9.97 Å². The molecule has 0 aliphatic rings. The van der Waals surface area contributed by atoms with Crippen molar-refractivity contribution in [1.29, 1.82) is 0 Å². The minimum atomic E-state index is -0.245. The number of nitrogens with zero attached hydrogens (tertiary/aromatic N) is 2. The first-order valence-electron chi connectivity index (χ1n) is 5.93. The molecule has 19 heavy (non-hydrogen) atoms. The molecule has 0 bridgehead atoms. The third-order valence-electron chi connectivity index (χ3n) is 2.72. The van der Waals surface area contributed by atoms with Crippen molar-refractivity contribution in [3.8, 4) is 0 Å². The first kappa shape index (κ1) is 13.2. The Kier molecular flexibility index (Phi) is 3.91. The van der Waals surface area contributed by atoms with Gasteiger partial charge in [0.25, 0.3) is 0 Å². The molecule has 0 aliphatic heterocycles. The van der Waals surface area contributed by atoms with Crippen LogP contribution < -0.4 is 16.6 Å². The van der Waals surface area contributed by atoms with Gasteiger partial charge in [-0.05, 0) is 19.9 Å². The molecule has 5 nitrogen and oxygen atoms in total. The van der Waals surface area contributed by atoms with Crippen LogP contribution in [-0.4, -0.2) is 9.97 Å². The number of nitrogens with one attached hydrogen (secondary N) is 2. The first-order valence-corrected chi connectivity index (χ1v) is 5.93. The van der Waals surface area contributed by atoms with Gasteiger partial charge in [0.05, 0.1) is 6.04 Å². The van der Waals surface area contributed by atoms with Crippen molar-refractivity contribution in [2.24, 2.45) is 5.84 Å². The van der Waals surface area contributed by atoms with E-state index >= 15 is 0 Å². The summed E-state index contributed by atoms with van der Waals surface area (Å²) in [6.07, 6.45) is 0. The molecule has 0 aliphatic carbocycles. The zero-order valence-electron chi connectivity index (χ0n) is 10.8. The summed E-state index contributed by atoms with van der Waals surface area (Å²) in [6, 6.07) is 8.21. The average molecular weight is 261 g/mol. The quantitative estimate of drug-likeness (QED) is 0.582. The zero-order valence-corrected chi connectivity index (χ0v) is 10.8. The summed E-state index contributed by atoms with van der Waals surface area (Å²) < 4.78 is 13.7. The Morgan fingerprint density at radius 2 is 2.00 bits per heavy atom. The van der Waals surface area contributed by atoms with E-state index in [0.717, 1.165) is 5.69 Å². The van der Waals surface area contributed by atoms with Gasteiger partial charge < -0.3 is 5.32 Å². The number of aromatic nitrogens is 2. The van der Waals surface area contributed by atoms with Crippen molar-refractivity contribution in [2.75, 3.05) is 10.7 Å². The van der Waals surface area contributed by atoms with E-state index in [1.165, 1.54) is 6.07 Å². The fourth-order valence-corrected chi connectivity index (χ4v) is 1.83. The van der Waals surface area contributed by atoms with E-state index in [-0.39, 0.29) is 11.9 Å². The van der Waals surface area contributed by atoms with Crippen LogP contribution in [0.4, 0.5) is 16.2 Å². The van der Waals surface area contributed by atoms with Gasteiger partial charge in [0.15, 0.2) is 0 Å². The molecule has 6 heteroatoms. The highest BCUT2D eigenvalue weighted by Gasteiger charge is 2.11. The lowest BCUT2D eigenvalue weighted by Crippen LogP contribution is -2.14. The average Bonchev–Trinajstić information content (AvgIpc) is 2.38. The second-order valence-electron chi connectivity index (χ2n) is 4.25. The summed E-state index contributed by atoms with van der Waals surface area (Å²) >= 11 is 0. The number of nitrogens with two attached hydrogens (primary N) is 1. The number of hydrogen-bond acceptors (Lipinski definition) is 5. The fraction of sp³-hybridized carbons (Fsp3) is 0.231. The molecule has 1 heterocycles. The van der Waals surface area contributed by atoms with Crippen LogP contribution in [0.1, 0.15) is 24.2 Å². The molecule has 4 N–H and O–H groups in total. The van der Waals surface area contributed by atoms with Gasteiger partial charge in [-0.1, -0.05) is 18.2 Å². The highest BCUT2D eigenvalue weighted by atomic mass is 19.1. The van der Waals surface area contributed by atoms with E-state index < -0.39 is 0 Å². The van der Waals surface area contributed by atoms with Crippen LogP contribution in [0.15, 0.2) is 30.3 Å². The lowest BCUT2D eigenvalue weighted by molar-refractivity contribution is 0.600. The van der Waals surface area contributed by atoms with Crippen molar-refractivity contribution in [3.05, 3.63) is 47.4 Å². The smallest absolute Gasteiger partial charge is 0.239 e. The number of hydrazine groups is 1. The van der Waals surface area contributed by atoms with Crippen molar-refractivity contribution in [3.63, 3.8) is 0 Å². The standard InChI is InChI=1S/C13H16FN5/c1-8-7-12(18-13(16-8)19-15)17-9(2)10-5-3-4-6-11(10)14/h3-7,9H,15H2,1-2H3,(H2,16,17,18,19). The van der Waals surface area contributed by atoms with Gasteiger partial charge in [0, 0.05) is 17.3 Å². The Hall–Kier alpha value is -2.21. The SMILES string of the molecule is Cc1cc(NC(C)c2ccccc2F)nc(NN)n1. The number of halogens is 1. The summed E-state index contributed by atoms with van der Waals surface area (Å²) in [5.74, 6) is 5.96. The maximum absolute atomic E-state index is 13.7. The zero-order chi connectivity index (χ0) is 13.8. The number of hydrogen-bond donors (Lipinski definition) is 3. The third kappa shape index (κ3) is 3.17. The molecule has 0 radical (unpaired) electrons. The van der Waals surface area contributed by atoms with E-state index in [2.05, 4.69) is 20.7 Å². The Morgan fingerprint density at radius 1 is 1.26 bits per heavy atom. The number of benzene rings is 1. The summed E-state index contributed by atoms with van der Waals surface area (Å²) in [5, 5.41) is 3.13. The van der Waals surface area contributed by atoms with Gasteiger partial charge in [-0.3, -0.25) is 5.43 Å². The van der Waals surface area contributed by atoms with Gasteiger partial charge in [-0.15, -0.1) is 0 Å². The van der Waals surface area contributed by atoms with E-state index in [1.54, 1.807) is 24.3 Å². The fourth-order valence-electron chi connectivity index (χ4n) is 1.83. The minimum absolute atomic E-state index is 0.207. The van der Waals surface area contributed by atoms with Crippen molar-refractivity contribution in [2.45, 2.75) is 19.9 Å². The van der Waals surface area contributed by atoms with Gasteiger partial charge in [-0.2, -0.15) is 4.98 Å². The molecule has 1 unspecified atom stereocenters. The Bertz CT molecular complexity index is 573. The van der Waals surface area contributed by atoms with E-state index in [4.69, 9.17) is 5.84 Å². The van der Waals surface area contributed by atoms with Gasteiger partial charge >= 0.3 is 0 Å². The topological polar surface area (TPSA) is 75.9 Å². The molecular formula is C13H16FN5. The molecule has 0 amide bonds. The molecule has 1 aromatic heterocycles. The van der Waals surface area contributed by atoms with E-state index in [9.17, 15) is 4.39 Å². The second kappa shape index (κ2) is 5.62. The molecule has 0 fully saturated rings. The van der Waals surface area contributed by atoms with Gasteiger partial charge in [0.1, 0.15) is 11.6 Å². The summed E-state index contributed by atoms with van der Waals surface area (Å²) in [6.45, 7) is 3.70. The van der Waals surface area contributed by atoms with Gasteiger partial charge in [-0.25, -0.2) is 15.2 Å². The Labute approximate surface area is 111 Å². The molecule has 100 valence electrons. The van der Waals surface area contributed by atoms with E-state index in [1.807, 2.05) is 13.8 Å². The van der Waals surface area contributed by atoms with Crippen LogP contribution in [0.3, 0.4) is 0 Å². The number of rotatable bonds is 4. The van der Waals surface area contributed by atoms with Crippen LogP contribution in [0.2, 0.25) is 0 Å². The van der Waals surface area contributed by atoms with Gasteiger partial charge in [0.2, 0.25) is 5.95 Å². The number of nitrogen functional groups attached to an aromatic ring is 1. The lowest BCUT2D eigenvalue weighted by atomic mass is 10.1. The highest BCUT2D eigenvalue weighted by Crippen LogP contribution is 2.21. The molecule has 2 rings (SSSR count). The summed E-state index contributed by atoms with van der Waals surface area (Å²) in [7, 11) is 0. The maximum atomic E-state index is 13.7. The van der Waals surface area contributed by atoms with Crippen LogP contribution >= 0.6 is 0 Å². The second-order valence-corrected chi connectivity index (χ2v) is 4.25. The minimum Gasteiger partial charge on any atom is -0.363 e. The van der Waals surface area contributed by atoms with Crippen LogP contribution in [0, 0.1) is 12.7 Å². The molecule has 1 aromatic carbocycles. The predicted octanol–water partition coefficient (Wildman–Crippen LogP) is 2.38. The monoisotopic (exact) mass is 261 g/mol. The molecule has 2 aromatic rings. The Morgan fingerprint density at radius 3 is 2.68 bits per heavy atom. The maximum Gasteiger partial charge on any atom is 0.239 e. The molecular weight excluding hydrogens is 245 g/mol. The third-order valence-corrected chi connectivity index (χ3v) is 2.72. The summed E-state index contributed by atoms with van der Waals surface area (Å²) in [5.41, 5.74) is 3.75. The number of aryl methyl sites for hydroxylation is 1. The van der Waals surface area contributed by atoms with Crippen molar-refractivity contribution >= 4 is 11.8 Å². The van der Waals surface area contributed by atoms with Crippen molar-refractivity contribution < 1.29 is 4.39 Å². The summed E-state index contributed by atoms with van der Waals surface area (Å²) in [4.78, 5) is 8.26.